The molecule has 0 radical (unpaired) electrons. The zero-order valence-electron chi connectivity index (χ0n) is 10.9. The summed E-state index contributed by atoms with van der Waals surface area (Å²) in [4.78, 5) is 2.14. The summed E-state index contributed by atoms with van der Waals surface area (Å²) in [6, 6.07) is 0.363. The minimum atomic E-state index is -4.02. The summed E-state index contributed by atoms with van der Waals surface area (Å²) in [5.41, 5.74) is 0.155. The predicted molar refractivity (Wildman–Crippen MR) is 63.0 cm³/mol. The molecule has 1 fully saturated rings. The molecule has 0 aromatic carbocycles. The largest absolute Gasteiger partial charge is 0.389 e. The van der Waals surface area contributed by atoms with Gasteiger partial charge in [0.2, 0.25) is 0 Å². The van der Waals surface area contributed by atoms with E-state index >= 15 is 0 Å². The van der Waals surface area contributed by atoms with E-state index in [1.54, 1.807) is 0 Å². The van der Waals surface area contributed by atoms with E-state index in [9.17, 15) is 13.2 Å². The summed E-state index contributed by atoms with van der Waals surface area (Å²) in [5.74, 6) is 0. The van der Waals surface area contributed by atoms with Crippen molar-refractivity contribution >= 4 is 0 Å². The number of hydrogen-bond acceptors (Lipinski definition) is 2. The van der Waals surface area contributed by atoms with Crippen LogP contribution in [-0.2, 0) is 0 Å². The van der Waals surface area contributed by atoms with Gasteiger partial charge in [0.05, 0.1) is 0 Å². The molecular weight excluding hydrogens is 229 g/mol. The van der Waals surface area contributed by atoms with E-state index in [0.717, 1.165) is 19.6 Å². The Morgan fingerprint density at radius 1 is 1.24 bits per heavy atom. The van der Waals surface area contributed by atoms with Crippen molar-refractivity contribution in [1.82, 2.24) is 10.2 Å². The zero-order valence-corrected chi connectivity index (χ0v) is 10.9. The predicted octanol–water partition coefficient (Wildman–Crippen LogP) is 2.65. The van der Waals surface area contributed by atoms with Gasteiger partial charge < -0.3 is 10.2 Å². The minimum absolute atomic E-state index is 0.155. The Labute approximate surface area is 102 Å². The van der Waals surface area contributed by atoms with Crippen molar-refractivity contribution in [2.45, 2.75) is 45.8 Å². The number of halogens is 3. The Bertz CT molecular complexity index is 233. The van der Waals surface area contributed by atoms with Crippen molar-refractivity contribution in [3.05, 3.63) is 0 Å². The normalized spacial score (nSPS) is 24.0. The minimum Gasteiger partial charge on any atom is -0.311 e. The molecule has 1 heterocycles. The summed E-state index contributed by atoms with van der Waals surface area (Å²) in [6.45, 7) is 9.59. The van der Waals surface area contributed by atoms with Crippen LogP contribution in [0, 0.1) is 5.41 Å². The smallest absolute Gasteiger partial charge is 0.311 e. The van der Waals surface area contributed by atoms with Gasteiger partial charge in [0.1, 0.15) is 0 Å². The Balaban J connectivity index is 2.30. The van der Waals surface area contributed by atoms with Gasteiger partial charge in [-0.3, -0.25) is 0 Å². The van der Waals surface area contributed by atoms with Crippen LogP contribution in [0.4, 0.5) is 13.2 Å². The molecule has 0 aliphatic carbocycles. The van der Waals surface area contributed by atoms with Crippen LogP contribution in [0.1, 0.15) is 33.6 Å². The summed E-state index contributed by atoms with van der Waals surface area (Å²) in [6.07, 6.45) is -4.48. The fourth-order valence-electron chi connectivity index (χ4n) is 2.10. The van der Waals surface area contributed by atoms with Crippen molar-refractivity contribution in [1.29, 1.82) is 0 Å². The molecule has 1 aliphatic heterocycles. The van der Waals surface area contributed by atoms with E-state index in [0.29, 0.717) is 12.6 Å². The topological polar surface area (TPSA) is 15.3 Å². The molecule has 0 bridgehead atoms. The van der Waals surface area contributed by atoms with E-state index in [1.807, 2.05) is 0 Å². The average Bonchev–Trinajstić information content (AvgIpc) is 2.15. The summed E-state index contributed by atoms with van der Waals surface area (Å²) >= 11 is 0. The quantitative estimate of drug-likeness (QED) is 0.830. The fourth-order valence-corrected chi connectivity index (χ4v) is 2.10. The van der Waals surface area contributed by atoms with Crippen LogP contribution in [0.5, 0.6) is 0 Å². The Morgan fingerprint density at radius 2 is 1.88 bits per heavy atom. The number of rotatable bonds is 3. The van der Waals surface area contributed by atoms with E-state index in [1.165, 1.54) is 0 Å². The van der Waals surface area contributed by atoms with Crippen molar-refractivity contribution in [3.8, 4) is 0 Å². The average molecular weight is 252 g/mol. The lowest BCUT2D eigenvalue weighted by atomic mass is 9.85. The van der Waals surface area contributed by atoms with E-state index in [4.69, 9.17) is 0 Å². The number of alkyl halides is 3. The molecule has 1 saturated heterocycles. The van der Waals surface area contributed by atoms with Gasteiger partial charge in [0.25, 0.3) is 0 Å². The molecule has 1 N–H and O–H groups in total. The highest BCUT2D eigenvalue weighted by atomic mass is 19.4. The van der Waals surface area contributed by atoms with E-state index < -0.39 is 12.6 Å². The third-order valence-corrected chi connectivity index (χ3v) is 3.24. The van der Waals surface area contributed by atoms with Gasteiger partial charge in [-0.05, 0) is 18.4 Å². The Hall–Kier alpha value is -0.290. The van der Waals surface area contributed by atoms with Crippen LogP contribution in [0.25, 0.3) is 0 Å². The molecule has 1 atom stereocenters. The highest BCUT2D eigenvalue weighted by molar-refractivity contribution is 4.87. The second-order valence-corrected chi connectivity index (χ2v) is 5.89. The lowest BCUT2D eigenvalue weighted by Gasteiger charge is -2.40. The van der Waals surface area contributed by atoms with Gasteiger partial charge >= 0.3 is 6.18 Å². The standard InChI is InChI=1S/C12H23F3N2/c1-11(2,3)10-9-17(8-6-16-10)7-4-5-12(13,14)15/h10,16H,4-9H2,1-3H3. The molecule has 0 spiro atoms. The lowest BCUT2D eigenvalue weighted by Crippen LogP contribution is -2.55. The van der Waals surface area contributed by atoms with E-state index in [-0.39, 0.29) is 11.8 Å². The van der Waals surface area contributed by atoms with Crippen molar-refractivity contribution < 1.29 is 13.2 Å². The van der Waals surface area contributed by atoms with Gasteiger partial charge in [-0.2, -0.15) is 13.2 Å². The van der Waals surface area contributed by atoms with Gasteiger partial charge in [-0.25, -0.2) is 0 Å². The molecule has 17 heavy (non-hydrogen) atoms. The highest BCUT2D eigenvalue weighted by Crippen LogP contribution is 2.24. The number of nitrogens with one attached hydrogen (secondary N) is 1. The molecule has 0 saturated carbocycles. The Kier molecular flexibility index (Phi) is 4.84. The molecule has 1 aliphatic rings. The molecule has 0 aromatic rings. The molecule has 0 aromatic heterocycles. The SMILES string of the molecule is CC(C)(C)C1CN(CCCC(F)(F)F)CCN1. The van der Waals surface area contributed by atoms with Crippen LogP contribution >= 0.6 is 0 Å². The monoisotopic (exact) mass is 252 g/mol. The maximum atomic E-state index is 12.0. The van der Waals surface area contributed by atoms with Crippen molar-refractivity contribution in [3.63, 3.8) is 0 Å². The van der Waals surface area contributed by atoms with Crippen molar-refractivity contribution in [2.75, 3.05) is 26.2 Å². The maximum absolute atomic E-state index is 12.0. The molecule has 5 heteroatoms. The number of piperazine rings is 1. The Morgan fingerprint density at radius 3 is 2.41 bits per heavy atom. The molecule has 0 amide bonds. The van der Waals surface area contributed by atoms with Gasteiger partial charge in [0, 0.05) is 32.1 Å². The van der Waals surface area contributed by atoms with Crippen LogP contribution in [0.15, 0.2) is 0 Å². The third-order valence-electron chi connectivity index (χ3n) is 3.24. The molecule has 2 nitrogen and oxygen atoms in total. The van der Waals surface area contributed by atoms with Crippen LogP contribution in [0.3, 0.4) is 0 Å². The first-order valence-electron chi connectivity index (χ1n) is 6.21. The second-order valence-electron chi connectivity index (χ2n) is 5.89. The highest BCUT2D eigenvalue weighted by Gasteiger charge is 2.30. The number of hydrogen-bond donors (Lipinski definition) is 1. The summed E-state index contributed by atoms with van der Waals surface area (Å²) in [7, 11) is 0. The molecule has 1 unspecified atom stereocenters. The van der Waals surface area contributed by atoms with Crippen LogP contribution < -0.4 is 5.32 Å². The van der Waals surface area contributed by atoms with Crippen LogP contribution in [-0.4, -0.2) is 43.3 Å². The maximum Gasteiger partial charge on any atom is 0.389 e. The molecule has 1 rings (SSSR count). The number of nitrogens with zero attached hydrogens (tertiary/aromatic N) is 1. The fraction of sp³-hybridized carbons (Fsp3) is 1.00. The van der Waals surface area contributed by atoms with E-state index in [2.05, 4.69) is 31.0 Å². The van der Waals surface area contributed by atoms with Gasteiger partial charge in [0.15, 0.2) is 0 Å². The zero-order chi connectivity index (χ0) is 13.1. The summed E-state index contributed by atoms with van der Waals surface area (Å²) in [5, 5.41) is 3.43. The first-order chi connectivity index (χ1) is 7.68. The second kappa shape index (κ2) is 5.57. The van der Waals surface area contributed by atoms with Crippen LogP contribution in [0.2, 0.25) is 0 Å². The molecular formula is C12H23F3N2. The first-order valence-corrected chi connectivity index (χ1v) is 6.21. The van der Waals surface area contributed by atoms with Gasteiger partial charge in [-0.1, -0.05) is 20.8 Å². The lowest BCUT2D eigenvalue weighted by molar-refractivity contribution is -0.136. The first kappa shape index (κ1) is 14.8. The van der Waals surface area contributed by atoms with Crippen molar-refractivity contribution in [2.24, 2.45) is 5.41 Å². The molecule has 102 valence electrons. The summed E-state index contributed by atoms with van der Waals surface area (Å²) < 4.78 is 36.1. The van der Waals surface area contributed by atoms with Gasteiger partial charge in [-0.15, -0.1) is 0 Å². The third kappa shape index (κ3) is 5.73.